The average molecular weight is 645 g/mol. The predicted molar refractivity (Wildman–Crippen MR) is 199 cm³/mol. The van der Waals surface area contributed by atoms with Crippen LogP contribution in [0.15, 0.2) is 36.5 Å². The largest absolute Gasteiger partial charge is 0.481 e. The first kappa shape index (κ1) is 44.2. The molecular formula is C42H76O4. The predicted octanol–water partition coefficient (Wildman–Crippen LogP) is 13.8. The quantitative estimate of drug-likeness (QED) is 0.0419. The Hall–Kier alpha value is -1.84. The van der Waals surface area contributed by atoms with Crippen molar-refractivity contribution >= 4 is 11.9 Å². The summed E-state index contributed by atoms with van der Waals surface area (Å²) in [5.74, 6) is -0.662. The zero-order chi connectivity index (χ0) is 33.6. The lowest BCUT2D eigenvalue weighted by Crippen LogP contribution is -2.18. The molecule has 0 aliphatic heterocycles. The van der Waals surface area contributed by atoms with Crippen LogP contribution in [0.1, 0.15) is 213 Å². The molecule has 0 amide bonds. The van der Waals surface area contributed by atoms with Crippen LogP contribution in [0.3, 0.4) is 0 Å². The van der Waals surface area contributed by atoms with Crippen LogP contribution in [0.25, 0.3) is 0 Å². The number of hydrogen-bond acceptors (Lipinski definition) is 3. The van der Waals surface area contributed by atoms with Gasteiger partial charge in [-0.25, -0.2) is 0 Å². The van der Waals surface area contributed by atoms with E-state index in [4.69, 9.17) is 9.84 Å². The lowest BCUT2D eigenvalue weighted by atomic mass is 10.0. The Labute approximate surface area is 286 Å². The Morgan fingerprint density at radius 2 is 0.913 bits per heavy atom. The van der Waals surface area contributed by atoms with Crippen molar-refractivity contribution in [2.75, 3.05) is 0 Å². The zero-order valence-electron chi connectivity index (χ0n) is 30.6. The first-order valence-corrected chi connectivity index (χ1v) is 20.0. The highest BCUT2D eigenvalue weighted by Gasteiger charge is 2.14. The summed E-state index contributed by atoms with van der Waals surface area (Å²) < 4.78 is 6.01. The van der Waals surface area contributed by atoms with Gasteiger partial charge in [0.1, 0.15) is 6.10 Å². The molecule has 0 saturated carbocycles. The van der Waals surface area contributed by atoms with Gasteiger partial charge in [-0.1, -0.05) is 166 Å². The number of ether oxygens (including phenoxy) is 1. The lowest BCUT2D eigenvalue weighted by molar-refractivity contribution is -0.150. The number of carbonyl (C=O) groups excluding carboxylic acids is 1. The normalized spacial score (nSPS) is 12.6. The summed E-state index contributed by atoms with van der Waals surface area (Å²) in [6.45, 7) is 4.43. The van der Waals surface area contributed by atoms with Crippen LogP contribution in [0, 0.1) is 0 Å². The summed E-state index contributed by atoms with van der Waals surface area (Å²) in [4.78, 5) is 23.2. The molecule has 0 spiro atoms. The molecule has 0 aromatic heterocycles. The third-order valence-corrected chi connectivity index (χ3v) is 8.88. The molecule has 0 aromatic rings. The van der Waals surface area contributed by atoms with E-state index < -0.39 is 5.97 Å². The molecule has 0 rings (SSSR count). The highest BCUT2D eigenvalue weighted by Crippen LogP contribution is 2.19. The fraction of sp³-hybridized carbons (Fsp3) is 0.810. The van der Waals surface area contributed by atoms with Gasteiger partial charge in [-0.2, -0.15) is 0 Å². The van der Waals surface area contributed by atoms with E-state index in [2.05, 4.69) is 50.3 Å². The van der Waals surface area contributed by atoms with Crippen molar-refractivity contribution in [2.24, 2.45) is 0 Å². The van der Waals surface area contributed by atoms with Gasteiger partial charge in [0.2, 0.25) is 0 Å². The van der Waals surface area contributed by atoms with Crippen molar-refractivity contribution in [3.63, 3.8) is 0 Å². The van der Waals surface area contributed by atoms with Crippen molar-refractivity contribution in [2.45, 2.75) is 219 Å². The second kappa shape index (κ2) is 37.6. The second-order valence-electron chi connectivity index (χ2n) is 13.4. The Morgan fingerprint density at radius 3 is 1.41 bits per heavy atom. The number of hydrogen-bond donors (Lipinski definition) is 1. The molecule has 0 bridgehead atoms. The van der Waals surface area contributed by atoms with E-state index in [1.165, 1.54) is 116 Å². The van der Waals surface area contributed by atoms with Gasteiger partial charge in [0, 0.05) is 12.8 Å². The molecule has 1 atom stereocenters. The number of aliphatic carboxylic acids is 1. The molecule has 0 fully saturated rings. The standard InChI is InChI=1S/C42H76O4/c1-3-5-7-9-11-12-13-14-15-16-17-18-19-20-21-22-27-31-35-39-42(45)46-40(36-32-28-10-8-6-4-2)37-33-29-25-23-24-26-30-34-38-41(43)44/h5,7,11-12,14-15,40H,3-4,6,8-10,13,16-39H2,1-2H3,(H,43,44)/b7-5-,12-11-,15-14-. The summed E-state index contributed by atoms with van der Waals surface area (Å²) in [5, 5.41) is 8.73. The minimum absolute atomic E-state index is 0.0199. The highest BCUT2D eigenvalue weighted by molar-refractivity contribution is 5.69. The number of esters is 1. The van der Waals surface area contributed by atoms with E-state index in [1.807, 2.05) is 0 Å². The minimum Gasteiger partial charge on any atom is -0.481 e. The first-order chi connectivity index (χ1) is 22.6. The fourth-order valence-corrected chi connectivity index (χ4v) is 5.96. The maximum atomic E-state index is 12.6. The topological polar surface area (TPSA) is 63.6 Å². The lowest BCUT2D eigenvalue weighted by Gasteiger charge is -2.18. The van der Waals surface area contributed by atoms with Gasteiger partial charge < -0.3 is 9.84 Å². The molecule has 1 N–H and O–H groups in total. The maximum Gasteiger partial charge on any atom is 0.306 e. The van der Waals surface area contributed by atoms with Crippen LogP contribution >= 0.6 is 0 Å². The van der Waals surface area contributed by atoms with Gasteiger partial charge in [0.15, 0.2) is 0 Å². The Morgan fingerprint density at radius 1 is 0.500 bits per heavy atom. The van der Waals surface area contributed by atoms with Gasteiger partial charge in [0.05, 0.1) is 0 Å². The average Bonchev–Trinajstić information content (AvgIpc) is 3.04. The summed E-state index contributed by atoms with van der Waals surface area (Å²) in [7, 11) is 0. The second-order valence-corrected chi connectivity index (χ2v) is 13.4. The fourth-order valence-electron chi connectivity index (χ4n) is 5.96. The van der Waals surface area contributed by atoms with Crippen molar-refractivity contribution in [1.29, 1.82) is 0 Å². The summed E-state index contributed by atoms with van der Waals surface area (Å²) in [5.41, 5.74) is 0. The van der Waals surface area contributed by atoms with Crippen molar-refractivity contribution in [1.82, 2.24) is 0 Å². The van der Waals surface area contributed by atoms with Gasteiger partial charge >= 0.3 is 11.9 Å². The SMILES string of the molecule is CC/C=C\C/C=C\C/C=C\CCCCCCCCCCCC(=O)OC(CCCCCCCC)CCCCCCCCCCC(=O)O. The molecule has 0 aliphatic carbocycles. The number of carboxylic acid groups (broad SMARTS) is 1. The maximum absolute atomic E-state index is 12.6. The van der Waals surface area contributed by atoms with Crippen LogP contribution in [0.4, 0.5) is 0 Å². The molecule has 4 heteroatoms. The first-order valence-electron chi connectivity index (χ1n) is 20.0. The molecule has 0 heterocycles. The van der Waals surface area contributed by atoms with Gasteiger partial charge in [0.25, 0.3) is 0 Å². The molecule has 4 nitrogen and oxygen atoms in total. The zero-order valence-corrected chi connectivity index (χ0v) is 30.6. The number of carboxylic acids is 1. The van der Waals surface area contributed by atoms with E-state index >= 15 is 0 Å². The van der Waals surface area contributed by atoms with E-state index in [1.54, 1.807) is 0 Å². The van der Waals surface area contributed by atoms with Crippen LogP contribution < -0.4 is 0 Å². The van der Waals surface area contributed by atoms with E-state index in [0.29, 0.717) is 12.8 Å². The molecule has 1 unspecified atom stereocenters. The number of unbranched alkanes of at least 4 members (excludes halogenated alkanes) is 21. The number of rotatable bonds is 36. The molecule has 0 saturated heterocycles. The monoisotopic (exact) mass is 645 g/mol. The van der Waals surface area contributed by atoms with Gasteiger partial charge in [-0.05, 0) is 70.6 Å². The van der Waals surface area contributed by atoms with E-state index in [9.17, 15) is 9.59 Å². The molecular weight excluding hydrogens is 568 g/mol. The summed E-state index contributed by atoms with van der Waals surface area (Å²) in [6, 6.07) is 0. The minimum atomic E-state index is -0.682. The number of allylic oxidation sites excluding steroid dienone is 6. The van der Waals surface area contributed by atoms with Crippen molar-refractivity contribution in [3.8, 4) is 0 Å². The van der Waals surface area contributed by atoms with Gasteiger partial charge in [-0.3, -0.25) is 9.59 Å². The highest BCUT2D eigenvalue weighted by atomic mass is 16.5. The molecule has 46 heavy (non-hydrogen) atoms. The summed E-state index contributed by atoms with van der Waals surface area (Å²) >= 11 is 0. The van der Waals surface area contributed by atoms with Crippen LogP contribution in [-0.4, -0.2) is 23.1 Å². The van der Waals surface area contributed by atoms with E-state index in [0.717, 1.165) is 70.6 Å². The molecule has 268 valence electrons. The van der Waals surface area contributed by atoms with Crippen LogP contribution in [-0.2, 0) is 14.3 Å². The van der Waals surface area contributed by atoms with Crippen LogP contribution in [0.5, 0.6) is 0 Å². The van der Waals surface area contributed by atoms with Crippen molar-refractivity contribution < 1.29 is 19.4 Å². The molecule has 0 aromatic carbocycles. The molecule has 0 radical (unpaired) electrons. The van der Waals surface area contributed by atoms with Gasteiger partial charge in [-0.15, -0.1) is 0 Å². The Kier molecular flexibility index (Phi) is 36.1. The van der Waals surface area contributed by atoms with Crippen molar-refractivity contribution in [3.05, 3.63) is 36.5 Å². The molecule has 0 aliphatic rings. The third-order valence-electron chi connectivity index (χ3n) is 8.88. The Balaban J connectivity index is 3.89. The Bertz CT molecular complexity index is 738. The van der Waals surface area contributed by atoms with Crippen LogP contribution in [0.2, 0.25) is 0 Å². The van der Waals surface area contributed by atoms with E-state index in [-0.39, 0.29) is 12.1 Å². The smallest absolute Gasteiger partial charge is 0.306 e. The number of carbonyl (C=O) groups is 2. The summed E-state index contributed by atoms with van der Waals surface area (Å²) in [6.07, 6.45) is 48.9. The third kappa shape index (κ3) is 36.6.